The van der Waals surface area contributed by atoms with E-state index in [1.165, 1.54) is 37.6 Å². The van der Waals surface area contributed by atoms with E-state index in [9.17, 15) is 12.8 Å². The van der Waals surface area contributed by atoms with Gasteiger partial charge in [-0.15, -0.1) is 0 Å². The summed E-state index contributed by atoms with van der Waals surface area (Å²) >= 11 is 0. The molecule has 0 radical (unpaired) electrons. The lowest BCUT2D eigenvalue weighted by molar-refractivity contribution is 0.581. The maximum atomic E-state index is 13.7. The number of nitrogens with two attached hydrogens (primary N) is 1. The van der Waals surface area contributed by atoms with Crippen molar-refractivity contribution < 1.29 is 12.8 Å². The molecule has 1 aromatic carbocycles. The minimum atomic E-state index is -3.87. The Balaban J connectivity index is 2.54. The average Bonchev–Trinajstić information content (AvgIpc) is 2.47. The molecule has 0 aliphatic heterocycles. The number of hydrogen-bond donors (Lipinski definition) is 1. The van der Waals surface area contributed by atoms with Gasteiger partial charge in [0.1, 0.15) is 5.82 Å². The van der Waals surface area contributed by atoms with Crippen LogP contribution in [-0.2, 0) is 16.6 Å². The van der Waals surface area contributed by atoms with E-state index in [2.05, 4.69) is 4.98 Å². The van der Waals surface area contributed by atoms with Crippen LogP contribution in [0.25, 0.3) is 0 Å². The number of anilines is 1. The van der Waals surface area contributed by atoms with E-state index in [1.807, 2.05) is 0 Å². The molecule has 5 nitrogen and oxygen atoms in total. The molecule has 0 spiro atoms. The van der Waals surface area contributed by atoms with E-state index in [-0.39, 0.29) is 17.0 Å². The van der Waals surface area contributed by atoms with Gasteiger partial charge < -0.3 is 5.73 Å². The minimum absolute atomic E-state index is 0.0200. The number of rotatable bonds is 4. The molecule has 0 saturated carbocycles. The molecule has 0 aliphatic carbocycles. The van der Waals surface area contributed by atoms with Crippen LogP contribution in [0.1, 0.15) is 5.56 Å². The van der Waals surface area contributed by atoms with Gasteiger partial charge in [0.25, 0.3) is 10.0 Å². The molecule has 1 heterocycles. The quantitative estimate of drug-likeness (QED) is 0.927. The van der Waals surface area contributed by atoms with Gasteiger partial charge in [-0.1, -0.05) is 6.07 Å². The highest BCUT2D eigenvalue weighted by atomic mass is 32.2. The second-order valence-electron chi connectivity index (χ2n) is 4.10. The van der Waals surface area contributed by atoms with Gasteiger partial charge in [-0.05, 0) is 24.3 Å². The van der Waals surface area contributed by atoms with Crippen LogP contribution in [0.2, 0.25) is 0 Å². The minimum Gasteiger partial charge on any atom is -0.326 e. The molecule has 0 atom stereocenters. The van der Waals surface area contributed by atoms with Gasteiger partial charge in [-0.25, -0.2) is 12.8 Å². The standard InChI is InChI=1S/C13H14FN3O2S/c1-17(10-5-7-16-8-6-10)20(18,19)13-4-2-3-12(14)11(13)9-15/h2-8H,9,15H2,1H3. The predicted molar refractivity (Wildman–Crippen MR) is 74.1 cm³/mol. The van der Waals surface area contributed by atoms with E-state index < -0.39 is 15.8 Å². The Labute approximate surface area is 116 Å². The largest absolute Gasteiger partial charge is 0.326 e. The summed E-state index contributed by atoms with van der Waals surface area (Å²) in [5.41, 5.74) is 5.87. The Morgan fingerprint density at radius 1 is 1.25 bits per heavy atom. The number of halogens is 1. The highest BCUT2D eigenvalue weighted by Crippen LogP contribution is 2.25. The fraction of sp³-hybridized carbons (Fsp3) is 0.154. The Morgan fingerprint density at radius 2 is 1.90 bits per heavy atom. The zero-order valence-corrected chi connectivity index (χ0v) is 11.6. The fourth-order valence-electron chi connectivity index (χ4n) is 1.82. The molecule has 106 valence electrons. The zero-order chi connectivity index (χ0) is 14.8. The van der Waals surface area contributed by atoms with Gasteiger partial charge in [-0.2, -0.15) is 0 Å². The third-order valence-electron chi connectivity index (χ3n) is 2.94. The van der Waals surface area contributed by atoms with E-state index in [0.29, 0.717) is 5.69 Å². The molecule has 0 bridgehead atoms. The molecule has 1 aromatic heterocycles. The van der Waals surface area contributed by atoms with Crippen molar-refractivity contribution in [2.75, 3.05) is 11.4 Å². The summed E-state index contributed by atoms with van der Waals surface area (Å²) < 4.78 is 39.8. The van der Waals surface area contributed by atoms with E-state index in [1.54, 1.807) is 12.1 Å². The van der Waals surface area contributed by atoms with Crippen LogP contribution in [0, 0.1) is 5.82 Å². The first-order valence-corrected chi connectivity index (χ1v) is 7.29. The molecule has 0 unspecified atom stereocenters. The molecule has 2 aromatic rings. The number of nitrogens with zero attached hydrogens (tertiary/aromatic N) is 2. The number of benzene rings is 1. The van der Waals surface area contributed by atoms with Gasteiger partial charge in [0.15, 0.2) is 0 Å². The molecule has 20 heavy (non-hydrogen) atoms. The second-order valence-corrected chi connectivity index (χ2v) is 6.04. The van der Waals surface area contributed by atoms with Crippen LogP contribution in [-0.4, -0.2) is 20.4 Å². The Bertz CT molecular complexity index is 705. The maximum Gasteiger partial charge on any atom is 0.264 e. The first kappa shape index (κ1) is 14.4. The third-order valence-corrected chi connectivity index (χ3v) is 4.81. The summed E-state index contributed by atoms with van der Waals surface area (Å²) in [5.74, 6) is -0.628. The van der Waals surface area contributed by atoms with Crippen molar-refractivity contribution in [1.29, 1.82) is 0 Å². The number of aromatic nitrogens is 1. The van der Waals surface area contributed by atoms with E-state index in [0.717, 1.165) is 4.31 Å². The van der Waals surface area contributed by atoms with Crippen LogP contribution in [0.15, 0.2) is 47.6 Å². The number of sulfonamides is 1. The number of pyridine rings is 1. The van der Waals surface area contributed by atoms with Crippen molar-refractivity contribution in [3.63, 3.8) is 0 Å². The molecular weight excluding hydrogens is 281 g/mol. The van der Waals surface area contributed by atoms with Crippen molar-refractivity contribution in [3.05, 3.63) is 54.1 Å². The van der Waals surface area contributed by atoms with Crippen LogP contribution in [0.3, 0.4) is 0 Å². The SMILES string of the molecule is CN(c1ccncc1)S(=O)(=O)c1cccc(F)c1CN. The van der Waals surface area contributed by atoms with E-state index in [4.69, 9.17) is 5.73 Å². The average molecular weight is 295 g/mol. The van der Waals surface area contributed by atoms with Crippen LogP contribution < -0.4 is 10.0 Å². The smallest absolute Gasteiger partial charge is 0.264 e. The highest BCUT2D eigenvalue weighted by molar-refractivity contribution is 7.92. The highest BCUT2D eigenvalue weighted by Gasteiger charge is 2.25. The normalized spacial score (nSPS) is 11.3. The van der Waals surface area contributed by atoms with Crippen molar-refractivity contribution in [3.8, 4) is 0 Å². The zero-order valence-electron chi connectivity index (χ0n) is 10.8. The topological polar surface area (TPSA) is 76.3 Å². The molecule has 0 aliphatic rings. The summed E-state index contributed by atoms with van der Waals surface area (Å²) in [4.78, 5) is 3.70. The monoisotopic (exact) mass is 295 g/mol. The second kappa shape index (κ2) is 5.56. The molecule has 2 N–H and O–H groups in total. The molecule has 2 rings (SSSR count). The first-order valence-electron chi connectivity index (χ1n) is 5.85. The molecule has 7 heteroatoms. The Kier molecular flexibility index (Phi) is 4.01. The fourth-order valence-corrected chi connectivity index (χ4v) is 3.26. The summed E-state index contributed by atoms with van der Waals surface area (Å²) in [6.45, 7) is -0.189. The Hall–Kier alpha value is -1.99. The summed E-state index contributed by atoms with van der Waals surface area (Å²) in [7, 11) is -2.47. The summed E-state index contributed by atoms with van der Waals surface area (Å²) in [6.07, 6.45) is 2.97. The Morgan fingerprint density at radius 3 is 2.50 bits per heavy atom. The molecule has 0 amide bonds. The summed E-state index contributed by atoms with van der Waals surface area (Å²) in [5, 5.41) is 0. The van der Waals surface area contributed by atoms with Gasteiger partial charge in [-0.3, -0.25) is 9.29 Å². The molecule has 0 fully saturated rings. The van der Waals surface area contributed by atoms with Gasteiger partial charge in [0, 0.05) is 31.5 Å². The lowest BCUT2D eigenvalue weighted by Gasteiger charge is -2.21. The van der Waals surface area contributed by atoms with Gasteiger partial charge in [0.2, 0.25) is 0 Å². The first-order chi connectivity index (χ1) is 9.48. The van der Waals surface area contributed by atoms with Crippen molar-refractivity contribution in [2.45, 2.75) is 11.4 Å². The predicted octanol–water partition coefficient (Wildman–Crippen LogP) is 1.50. The maximum absolute atomic E-state index is 13.7. The van der Waals surface area contributed by atoms with Crippen molar-refractivity contribution in [2.24, 2.45) is 5.73 Å². The molecule has 0 saturated heterocycles. The number of hydrogen-bond acceptors (Lipinski definition) is 4. The van der Waals surface area contributed by atoms with E-state index >= 15 is 0 Å². The van der Waals surface area contributed by atoms with Gasteiger partial charge >= 0.3 is 0 Å². The van der Waals surface area contributed by atoms with Crippen LogP contribution in [0.4, 0.5) is 10.1 Å². The lowest BCUT2D eigenvalue weighted by atomic mass is 10.2. The van der Waals surface area contributed by atoms with Gasteiger partial charge in [0.05, 0.1) is 10.6 Å². The molecular formula is C13H14FN3O2S. The lowest BCUT2D eigenvalue weighted by Crippen LogP contribution is -2.28. The van der Waals surface area contributed by atoms with Crippen molar-refractivity contribution >= 4 is 15.7 Å². The summed E-state index contributed by atoms with van der Waals surface area (Å²) in [6, 6.07) is 6.99. The van der Waals surface area contributed by atoms with Crippen LogP contribution in [0.5, 0.6) is 0 Å². The van der Waals surface area contributed by atoms with Crippen LogP contribution >= 0.6 is 0 Å². The third kappa shape index (κ3) is 2.50. The van der Waals surface area contributed by atoms with Crippen molar-refractivity contribution in [1.82, 2.24) is 4.98 Å².